The van der Waals surface area contributed by atoms with Crippen LogP contribution < -0.4 is 0 Å². The topological polar surface area (TPSA) is 0 Å². The first-order valence-corrected chi connectivity index (χ1v) is 23.8. The van der Waals surface area contributed by atoms with Gasteiger partial charge in [-0.15, -0.1) is 0 Å². The zero-order chi connectivity index (χ0) is 44.7. The fourth-order valence-electron chi connectivity index (χ4n) is 10.6. The lowest BCUT2D eigenvalue weighted by molar-refractivity contribution is 0.923. The van der Waals surface area contributed by atoms with Gasteiger partial charge < -0.3 is 0 Å². The Kier molecular flexibility index (Phi) is 10.9. The zero-order valence-corrected chi connectivity index (χ0v) is 38.5. The van der Waals surface area contributed by atoms with E-state index in [-0.39, 0.29) is 0 Å². The summed E-state index contributed by atoms with van der Waals surface area (Å²) < 4.78 is 0. The van der Waals surface area contributed by atoms with Crippen LogP contribution in [0.3, 0.4) is 0 Å². The lowest BCUT2D eigenvalue weighted by atomic mass is 9.85. The van der Waals surface area contributed by atoms with Gasteiger partial charge in [0.1, 0.15) is 0 Å². The first-order valence-electron chi connectivity index (χ1n) is 23.8. The van der Waals surface area contributed by atoms with Gasteiger partial charge in [0, 0.05) is 0 Å². The van der Waals surface area contributed by atoms with E-state index in [1.165, 1.54) is 132 Å². The Bertz CT molecular complexity index is 3640. The Labute approximate surface area is 389 Å². The number of fused-ring (bicyclic) bond motifs is 5. The van der Waals surface area contributed by atoms with Crippen molar-refractivity contribution in [2.24, 2.45) is 0 Å². The molecule has 0 aliphatic heterocycles. The largest absolute Gasteiger partial charge is 0.0651 e. The van der Waals surface area contributed by atoms with E-state index in [4.69, 9.17) is 0 Å². The van der Waals surface area contributed by atoms with Crippen molar-refractivity contribution in [3.8, 4) is 66.8 Å². The third-order valence-corrected chi connectivity index (χ3v) is 13.9. The van der Waals surface area contributed by atoms with Crippen LogP contribution in [0.2, 0.25) is 0 Å². The fourth-order valence-corrected chi connectivity index (χ4v) is 10.6. The van der Waals surface area contributed by atoms with Crippen LogP contribution in [0.5, 0.6) is 0 Å². The van der Waals surface area contributed by atoms with Gasteiger partial charge in [-0.1, -0.05) is 184 Å². The molecule has 0 heterocycles. The summed E-state index contributed by atoms with van der Waals surface area (Å²) >= 11 is 0. The normalized spacial score (nSPS) is 11.6. The summed E-state index contributed by atoms with van der Waals surface area (Å²) in [5.74, 6) is 0. The second-order valence-corrected chi connectivity index (χ2v) is 18.3. The molecule has 0 fully saturated rings. The number of hydrogen-bond donors (Lipinski definition) is 0. The summed E-state index contributed by atoms with van der Waals surface area (Å²) in [6.07, 6.45) is 4.28. The predicted molar refractivity (Wildman–Crippen MR) is 287 cm³/mol. The average molecular weight is 847 g/mol. The van der Waals surface area contributed by atoms with Gasteiger partial charge >= 0.3 is 0 Å². The van der Waals surface area contributed by atoms with Crippen LogP contribution in [0.25, 0.3) is 110 Å². The predicted octanol–water partition coefficient (Wildman–Crippen LogP) is 18.8. The molecule has 0 atom stereocenters. The molecule has 0 N–H and O–H groups in total. The molecule has 0 heteroatoms. The standard InChI is InChI=1S/C66H54/c1-5-14-46-25-28-55(53-27-24-45-16-7-8-17-48(45)35-53)39-64(46)62-42-63(44(4)34-43(62)3)65-40-56(29-26-47(65)15-6-2)54-33-32-51-36-50(30-31-52(51)37-54)49-19-13-20-57(38-49)66-41-58-18-9-10-21-59(58)60-22-11-12-23-61(60)66/h7-13,16-42H,5-6,14-15H2,1-4H3. The maximum Gasteiger partial charge on any atom is -0.00988 e. The number of hydrogen-bond acceptors (Lipinski definition) is 0. The van der Waals surface area contributed by atoms with Crippen molar-refractivity contribution in [2.45, 2.75) is 53.4 Å². The van der Waals surface area contributed by atoms with E-state index >= 15 is 0 Å². The van der Waals surface area contributed by atoms with Crippen LogP contribution in [-0.2, 0) is 12.8 Å². The molecule has 0 aromatic heterocycles. The summed E-state index contributed by atoms with van der Waals surface area (Å²) in [6.45, 7) is 9.16. The van der Waals surface area contributed by atoms with E-state index in [1.54, 1.807) is 0 Å². The summed E-state index contributed by atoms with van der Waals surface area (Å²) in [7, 11) is 0. The van der Waals surface area contributed by atoms with Gasteiger partial charge in [0.15, 0.2) is 0 Å². The molecule has 0 aliphatic rings. The Morgan fingerprint density at radius 1 is 0.258 bits per heavy atom. The maximum atomic E-state index is 2.50. The lowest BCUT2D eigenvalue weighted by Crippen LogP contribution is -1.98. The highest BCUT2D eigenvalue weighted by molar-refractivity contribution is 6.14. The molecule has 0 nitrogen and oxygen atoms in total. The first-order chi connectivity index (χ1) is 32.4. The minimum absolute atomic E-state index is 1.04. The van der Waals surface area contributed by atoms with Crippen LogP contribution in [-0.4, -0.2) is 0 Å². The molecule has 0 saturated carbocycles. The minimum Gasteiger partial charge on any atom is -0.0651 e. The molecule has 0 bridgehead atoms. The molecule has 0 spiro atoms. The van der Waals surface area contributed by atoms with Gasteiger partial charge in [-0.25, -0.2) is 0 Å². The van der Waals surface area contributed by atoms with E-state index in [9.17, 15) is 0 Å². The summed E-state index contributed by atoms with van der Waals surface area (Å²) in [6, 6.07) is 77.6. The lowest BCUT2D eigenvalue weighted by Gasteiger charge is -2.19. The summed E-state index contributed by atoms with van der Waals surface area (Å²) in [4.78, 5) is 0. The second kappa shape index (κ2) is 17.4. The van der Waals surface area contributed by atoms with E-state index < -0.39 is 0 Å². The van der Waals surface area contributed by atoms with Gasteiger partial charge in [-0.3, -0.25) is 0 Å². The molecule has 318 valence electrons. The third kappa shape index (κ3) is 7.67. The quantitative estimate of drug-likeness (QED) is 0.120. The van der Waals surface area contributed by atoms with Crippen LogP contribution in [0, 0.1) is 13.8 Å². The Morgan fingerprint density at radius 3 is 1.29 bits per heavy atom. The summed E-state index contributed by atoms with van der Waals surface area (Å²) in [5.41, 5.74) is 20.7. The maximum absolute atomic E-state index is 2.50. The molecule has 0 radical (unpaired) electrons. The van der Waals surface area contributed by atoms with Crippen molar-refractivity contribution in [1.29, 1.82) is 0 Å². The minimum atomic E-state index is 1.04. The van der Waals surface area contributed by atoms with Crippen molar-refractivity contribution < 1.29 is 0 Å². The smallest absolute Gasteiger partial charge is 0.00988 e. The molecule has 11 aromatic carbocycles. The monoisotopic (exact) mass is 846 g/mol. The molecular formula is C66H54. The van der Waals surface area contributed by atoms with E-state index in [0.717, 1.165) is 25.7 Å². The van der Waals surface area contributed by atoms with Crippen molar-refractivity contribution in [3.05, 3.63) is 229 Å². The van der Waals surface area contributed by atoms with E-state index in [1.807, 2.05) is 0 Å². The number of aryl methyl sites for hydroxylation is 4. The van der Waals surface area contributed by atoms with Gasteiger partial charge in [-0.05, 0) is 207 Å². The van der Waals surface area contributed by atoms with Gasteiger partial charge in [0.05, 0.1) is 0 Å². The molecule has 11 rings (SSSR count). The number of rotatable bonds is 10. The third-order valence-electron chi connectivity index (χ3n) is 13.9. The van der Waals surface area contributed by atoms with E-state index in [2.05, 4.69) is 234 Å². The van der Waals surface area contributed by atoms with Crippen LogP contribution in [0.15, 0.2) is 206 Å². The summed E-state index contributed by atoms with van der Waals surface area (Å²) in [5, 5.41) is 10.2. The van der Waals surface area contributed by atoms with Crippen LogP contribution in [0.4, 0.5) is 0 Å². The Morgan fingerprint density at radius 2 is 0.697 bits per heavy atom. The van der Waals surface area contributed by atoms with Crippen LogP contribution >= 0.6 is 0 Å². The van der Waals surface area contributed by atoms with Crippen molar-refractivity contribution in [3.63, 3.8) is 0 Å². The molecule has 0 unspecified atom stereocenters. The second-order valence-electron chi connectivity index (χ2n) is 18.3. The zero-order valence-electron chi connectivity index (χ0n) is 38.5. The molecule has 0 amide bonds. The van der Waals surface area contributed by atoms with E-state index in [0.29, 0.717) is 0 Å². The van der Waals surface area contributed by atoms with Crippen LogP contribution in [0.1, 0.15) is 48.9 Å². The van der Waals surface area contributed by atoms with Crippen molar-refractivity contribution in [2.75, 3.05) is 0 Å². The Balaban J connectivity index is 0.949. The SMILES string of the molecule is CCCc1ccc(-c2ccc3ccccc3c2)cc1-c1cc(-c2cc(-c3ccc4cc(-c5cccc(-c6cc7ccccc7c7ccccc67)c5)ccc4c3)ccc2CCC)c(C)cc1C. The van der Waals surface area contributed by atoms with Crippen molar-refractivity contribution >= 4 is 43.1 Å². The molecular weight excluding hydrogens is 793 g/mol. The van der Waals surface area contributed by atoms with Gasteiger partial charge in [-0.2, -0.15) is 0 Å². The highest BCUT2D eigenvalue weighted by atomic mass is 14.2. The first kappa shape index (κ1) is 41.2. The number of benzene rings is 11. The molecule has 0 saturated heterocycles. The Hall–Kier alpha value is -7.54. The molecule has 0 aliphatic carbocycles. The van der Waals surface area contributed by atoms with Gasteiger partial charge in [0.25, 0.3) is 0 Å². The molecule has 11 aromatic rings. The fraction of sp³-hybridized carbons (Fsp3) is 0.121. The van der Waals surface area contributed by atoms with Gasteiger partial charge in [0.2, 0.25) is 0 Å². The highest BCUT2D eigenvalue weighted by Crippen LogP contribution is 2.41. The molecule has 66 heavy (non-hydrogen) atoms. The average Bonchev–Trinajstić information content (AvgIpc) is 3.36. The highest BCUT2D eigenvalue weighted by Gasteiger charge is 2.17. The van der Waals surface area contributed by atoms with Crippen molar-refractivity contribution in [1.82, 2.24) is 0 Å².